The molecule has 0 atom stereocenters. The first-order chi connectivity index (χ1) is 10.2. The van der Waals surface area contributed by atoms with Crippen molar-refractivity contribution < 1.29 is 14.3 Å². The molecule has 0 aliphatic heterocycles. The van der Waals surface area contributed by atoms with Gasteiger partial charge in [-0.3, -0.25) is 4.79 Å². The molecule has 0 spiro atoms. The third kappa shape index (κ3) is 3.42. The van der Waals surface area contributed by atoms with E-state index < -0.39 is 0 Å². The minimum atomic E-state index is -0.268. The molecule has 1 aromatic heterocycles. The van der Waals surface area contributed by atoms with Gasteiger partial charge in [-0.05, 0) is 29.8 Å². The molecule has 0 saturated carbocycles. The maximum atomic E-state index is 12.0. The van der Waals surface area contributed by atoms with Crippen LogP contribution in [0.15, 0.2) is 36.5 Å². The summed E-state index contributed by atoms with van der Waals surface area (Å²) in [6.07, 6.45) is 1.54. The predicted molar refractivity (Wildman–Crippen MR) is 79.4 cm³/mol. The van der Waals surface area contributed by atoms with Crippen LogP contribution in [0.25, 0.3) is 0 Å². The first-order valence-corrected chi connectivity index (χ1v) is 6.35. The minimum Gasteiger partial charge on any atom is -0.493 e. The molecule has 3 N–H and O–H groups in total. The zero-order chi connectivity index (χ0) is 15.2. The lowest BCUT2D eigenvalue weighted by molar-refractivity contribution is 0.0951. The molecule has 1 heterocycles. The average Bonchev–Trinajstić information content (AvgIpc) is 2.52. The van der Waals surface area contributed by atoms with Gasteiger partial charge in [0, 0.05) is 12.7 Å². The molecule has 6 heteroatoms. The lowest BCUT2D eigenvalue weighted by Gasteiger charge is -2.10. The minimum absolute atomic E-state index is 0.210. The summed E-state index contributed by atoms with van der Waals surface area (Å²) in [5.74, 6) is 1.20. The summed E-state index contributed by atoms with van der Waals surface area (Å²) in [5.41, 5.74) is 6.92. The molecule has 0 radical (unpaired) electrons. The van der Waals surface area contributed by atoms with Crippen molar-refractivity contribution in [3.63, 3.8) is 0 Å². The van der Waals surface area contributed by atoms with Gasteiger partial charge in [0.05, 0.1) is 19.8 Å². The molecule has 0 bridgehead atoms. The first-order valence-electron chi connectivity index (χ1n) is 6.35. The van der Waals surface area contributed by atoms with Crippen molar-refractivity contribution in [1.29, 1.82) is 0 Å². The van der Waals surface area contributed by atoms with Gasteiger partial charge in [-0.2, -0.15) is 0 Å². The Bertz CT molecular complexity index is 644. The van der Waals surface area contributed by atoms with Crippen molar-refractivity contribution in [2.75, 3.05) is 20.0 Å². The molecule has 0 unspecified atom stereocenters. The summed E-state index contributed by atoms with van der Waals surface area (Å²) in [6.45, 7) is 0.355. The summed E-state index contributed by atoms with van der Waals surface area (Å²) in [4.78, 5) is 15.9. The van der Waals surface area contributed by atoms with Crippen LogP contribution in [0.1, 0.15) is 15.9 Å². The quantitative estimate of drug-likeness (QED) is 0.872. The van der Waals surface area contributed by atoms with Gasteiger partial charge in [-0.15, -0.1) is 0 Å². The highest BCUT2D eigenvalue weighted by atomic mass is 16.5. The Labute approximate surface area is 122 Å². The summed E-state index contributed by atoms with van der Waals surface area (Å²) in [6, 6.07) is 8.76. The van der Waals surface area contributed by atoms with E-state index in [1.807, 2.05) is 12.1 Å². The fraction of sp³-hybridized carbons (Fsp3) is 0.200. The van der Waals surface area contributed by atoms with Crippen LogP contribution >= 0.6 is 0 Å². The third-order valence-corrected chi connectivity index (χ3v) is 2.98. The number of rotatable bonds is 5. The largest absolute Gasteiger partial charge is 0.493 e. The number of pyridine rings is 1. The summed E-state index contributed by atoms with van der Waals surface area (Å²) in [7, 11) is 3.14. The van der Waals surface area contributed by atoms with Crippen LogP contribution in [-0.2, 0) is 6.54 Å². The molecule has 110 valence electrons. The first kappa shape index (κ1) is 14.6. The Kier molecular flexibility index (Phi) is 4.61. The molecule has 1 aromatic carbocycles. The van der Waals surface area contributed by atoms with Crippen molar-refractivity contribution in [1.82, 2.24) is 10.3 Å². The number of benzene rings is 1. The maximum Gasteiger partial charge on any atom is 0.255 e. The lowest BCUT2D eigenvalue weighted by Crippen LogP contribution is -2.24. The van der Waals surface area contributed by atoms with Crippen molar-refractivity contribution in [3.8, 4) is 11.5 Å². The van der Waals surface area contributed by atoms with Crippen LogP contribution in [-0.4, -0.2) is 25.1 Å². The van der Waals surface area contributed by atoms with Crippen molar-refractivity contribution in [3.05, 3.63) is 47.7 Å². The number of hydrogen-bond donors (Lipinski definition) is 2. The number of nitrogens with two attached hydrogens (primary N) is 1. The highest BCUT2D eigenvalue weighted by Gasteiger charge is 2.10. The van der Waals surface area contributed by atoms with Crippen LogP contribution in [0.2, 0.25) is 0 Å². The molecular formula is C15H17N3O3. The maximum absolute atomic E-state index is 12.0. The van der Waals surface area contributed by atoms with Gasteiger partial charge in [0.1, 0.15) is 5.82 Å². The number of nitrogens with one attached hydrogen (secondary N) is 1. The molecule has 0 fully saturated rings. The smallest absolute Gasteiger partial charge is 0.255 e. The van der Waals surface area contributed by atoms with Crippen LogP contribution in [0, 0.1) is 0 Å². The Balaban J connectivity index is 2.06. The zero-order valence-electron chi connectivity index (χ0n) is 11.9. The van der Waals surface area contributed by atoms with E-state index in [4.69, 9.17) is 15.2 Å². The average molecular weight is 287 g/mol. The Hall–Kier alpha value is -2.76. The van der Waals surface area contributed by atoms with E-state index in [1.54, 1.807) is 38.6 Å². The van der Waals surface area contributed by atoms with Gasteiger partial charge in [0.15, 0.2) is 11.5 Å². The van der Waals surface area contributed by atoms with Gasteiger partial charge < -0.3 is 20.5 Å². The van der Waals surface area contributed by atoms with E-state index in [2.05, 4.69) is 10.3 Å². The number of carbonyl (C=O) groups excluding carboxylic acids is 1. The zero-order valence-corrected chi connectivity index (χ0v) is 11.9. The van der Waals surface area contributed by atoms with Gasteiger partial charge in [-0.1, -0.05) is 6.07 Å². The number of carbonyl (C=O) groups is 1. The van der Waals surface area contributed by atoms with Crippen molar-refractivity contribution in [2.45, 2.75) is 6.54 Å². The second kappa shape index (κ2) is 6.60. The van der Waals surface area contributed by atoms with Gasteiger partial charge in [0.2, 0.25) is 0 Å². The Morgan fingerprint density at radius 1 is 1.24 bits per heavy atom. The van der Waals surface area contributed by atoms with Crippen LogP contribution < -0.4 is 20.5 Å². The SMILES string of the molecule is COc1ccc(CNC(=O)c2cccnc2N)cc1OC. The number of hydrogen-bond acceptors (Lipinski definition) is 5. The Morgan fingerprint density at radius 3 is 2.67 bits per heavy atom. The highest BCUT2D eigenvalue weighted by Crippen LogP contribution is 2.27. The molecule has 0 aliphatic rings. The van der Waals surface area contributed by atoms with Crippen molar-refractivity contribution in [2.24, 2.45) is 0 Å². The number of amides is 1. The molecule has 2 aromatic rings. The molecular weight excluding hydrogens is 270 g/mol. The standard InChI is InChI=1S/C15H17N3O3/c1-20-12-6-5-10(8-13(12)21-2)9-18-15(19)11-4-3-7-17-14(11)16/h3-8H,9H2,1-2H3,(H2,16,17)(H,18,19). The van der Waals surface area contributed by atoms with Gasteiger partial charge in [-0.25, -0.2) is 4.98 Å². The summed E-state index contributed by atoms with van der Waals surface area (Å²) < 4.78 is 10.4. The van der Waals surface area contributed by atoms with E-state index >= 15 is 0 Å². The highest BCUT2D eigenvalue weighted by molar-refractivity contribution is 5.98. The fourth-order valence-electron chi connectivity index (χ4n) is 1.88. The summed E-state index contributed by atoms with van der Waals surface area (Å²) in [5, 5.41) is 2.79. The topological polar surface area (TPSA) is 86.5 Å². The molecule has 0 saturated heterocycles. The normalized spacial score (nSPS) is 10.0. The molecule has 21 heavy (non-hydrogen) atoms. The van der Waals surface area contributed by atoms with E-state index in [0.29, 0.717) is 23.6 Å². The fourth-order valence-corrected chi connectivity index (χ4v) is 1.88. The lowest BCUT2D eigenvalue weighted by atomic mass is 10.2. The third-order valence-electron chi connectivity index (χ3n) is 2.98. The molecule has 0 aliphatic carbocycles. The predicted octanol–water partition coefficient (Wildman–Crippen LogP) is 1.61. The number of ether oxygens (including phenoxy) is 2. The van der Waals surface area contributed by atoms with E-state index in [0.717, 1.165) is 5.56 Å². The second-order valence-electron chi connectivity index (χ2n) is 4.31. The molecule has 6 nitrogen and oxygen atoms in total. The van der Waals surface area contributed by atoms with Gasteiger partial charge in [0.25, 0.3) is 5.91 Å². The number of aromatic nitrogens is 1. The summed E-state index contributed by atoms with van der Waals surface area (Å²) >= 11 is 0. The number of nitrogens with zero attached hydrogens (tertiary/aromatic N) is 1. The molecule has 1 amide bonds. The van der Waals surface area contributed by atoms with E-state index in [9.17, 15) is 4.79 Å². The number of methoxy groups -OCH3 is 2. The Morgan fingerprint density at radius 2 is 2.00 bits per heavy atom. The van der Waals surface area contributed by atoms with Gasteiger partial charge >= 0.3 is 0 Å². The van der Waals surface area contributed by atoms with E-state index in [1.165, 1.54) is 0 Å². The number of anilines is 1. The van der Waals surface area contributed by atoms with Crippen LogP contribution in [0.5, 0.6) is 11.5 Å². The van der Waals surface area contributed by atoms with Crippen molar-refractivity contribution >= 4 is 11.7 Å². The van der Waals surface area contributed by atoms with E-state index in [-0.39, 0.29) is 11.7 Å². The second-order valence-corrected chi connectivity index (χ2v) is 4.31. The number of nitrogen functional groups attached to an aromatic ring is 1. The van der Waals surface area contributed by atoms with Crippen LogP contribution in [0.3, 0.4) is 0 Å². The molecule has 2 rings (SSSR count). The monoisotopic (exact) mass is 287 g/mol. The van der Waals surface area contributed by atoms with Crippen LogP contribution in [0.4, 0.5) is 5.82 Å².